The molecule has 0 aromatic carbocycles. The van der Waals surface area contributed by atoms with Gasteiger partial charge in [0.15, 0.2) is 0 Å². The predicted octanol–water partition coefficient (Wildman–Crippen LogP) is 0.519. The Kier molecular flexibility index (Phi) is 2.03. The van der Waals surface area contributed by atoms with Gasteiger partial charge in [-0.25, -0.2) is 9.78 Å². The van der Waals surface area contributed by atoms with Gasteiger partial charge >= 0.3 is 5.97 Å². The van der Waals surface area contributed by atoms with E-state index in [-0.39, 0.29) is 5.56 Å². The molecule has 0 saturated heterocycles. The predicted molar refractivity (Wildman–Crippen MR) is 52.4 cm³/mol. The van der Waals surface area contributed by atoms with E-state index in [1.54, 1.807) is 24.1 Å². The molecule has 0 bridgehead atoms. The molecule has 0 radical (unpaired) electrons. The van der Waals surface area contributed by atoms with Gasteiger partial charge in [0.1, 0.15) is 17.0 Å². The van der Waals surface area contributed by atoms with Crippen molar-refractivity contribution in [3.8, 4) is 11.4 Å². The van der Waals surface area contributed by atoms with E-state index in [9.17, 15) is 4.79 Å². The summed E-state index contributed by atoms with van der Waals surface area (Å²) in [5.74, 6) is -0.997. The maximum Gasteiger partial charge on any atom is 0.339 e. The largest absolute Gasteiger partial charge is 0.478 e. The van der Waals surface area contributed by atoms with Crippen LogP contribution in [-0.2, 0) is 14.1 Å². The van der Waals surface area contributed by atoms with E-state index in [0.29, 0.717) is 11.4 Å². The highest BCUT2D eigenvalue weighted by molar-refractivity contribution is 5.94. The zero-order valence-electron chi connectivity index (χ0n) is 8.38. The lowest BCUT2D eigenvalue weighted by atomic mass is 10.2. The Balaban J connectivity index is 2.60. The van der Waals surface area contributed by atoms with Crippen LogP contribution in [0.25, 0.3) is 11.4 Å². The molecular weight excluding hydrogens is 196 g/mol. The van der Waals surface area contributed by atoms with Crippen LogP contribution in [0.15, 0.2) is 18.7 Å². The number of hydrogen-bond acceptors (Lipinski definition) is 3. The SMILES string of the molecule is Cn1cnc(-c2c(C(=O)O)cnn2C)c1. The number of aromatic nitrogens is 4. The van der Waals surface area contributed by atoms with Crippen molar-refractivity contribution in [2.45, 2.75) is 0 Å². The molecule has 2 aromatic heterocycles. The number of aryl methyl sites for hydroxylation is 2. The van der Waals surface area contributed by atoms with Gasteiger partial charge in [0, 0.05) is 20.3 Å². The molecule has 0 aliphatic carbocycles. The van der Waals surface area contributed by atoms with Crippen LogP contribution >= 0.6 is 0 Å². The third-order valence-electron chi connectivity index (χ3n) is 2.12. The van der Waals surface area contributed by atoms with Crippen molar-refractivity contribution in [1.82, 2.24) is 19.3 Å². The molecule has 2 heterocycles. The van der Waals surface area contributed by atoms with Crippen LogP contribution in [0, 0.1) is 0 Å². The molecule has 0 saturated carbocycles. The molecule has 6 nitrogen and oxygen atoms in total. The fraction of sp³-hybridized carbons (Fsp3) is 0.222. The number of imidazole rings is 1. The Morgan fingerprint density at radius 2 is 2.20 bits per heavy atom. The fourth-order valence-electron chi connectivity index (χ4n) is 1.43. The quantitative estimate of drug-likeness (QED) is 0.777. The molecular formula is C9H10N4O2. The summed E-state index contributed by atoms with van der Waals surface area (Å²) in [7, 11) is 3.52. The number of hydrogen-bond donors (Lipinski definition) is 1. The van der Waals surface area contributed by atoms with Crippen molar-refractivity contribution >= 4 is 5.97 Å². The third-order valence-corrected chi connectivity index (χ3v) is 2.12. The van der Waals surface area contributed by atoms with Crippen LogP contribution in [0.5, 0.6) is 0 Å². The molecule has 15 heavy (non-hydrogen) atoms. The molecule has 0 atom stereocenters. The standard InChI is InChI=1S/C9H10N4O2/c1-12-4-7(10-5-12)8-6(9(14)15)3-11-13(8)2/h3-5H,1-2H3,(H,14,15). The van der Waals surface area contributed by atoms with Crippen molar-refractivity contribution in [1.29, 1.82) is 0 Å². The van der Waals surface area contributed by atoms with Gasteiger partial charge in [0.25, 0.3) is 0 Å². The van der Waals surface area contributed by atoms with E-state index in [1.807, 2.05) is 7.05 Å². The average Bonchev–Trinajstić information content (AvgIpc) is 2.71. The number of carboxylic acids is 1. The van der Waals surface area contributed by atoms with Crippen LogP contribution in [0.2, 0.25) is 0 Å². The lowest BCUT2D eigenvalue weighted by Crippen LogP contribution is -2.00. The van der Waals surface area contributed by atoms with E-state index < -0.39 is 5.97 Å². The van der Waals surface area contributed by atoms with Crippen LogP contribution in [0.4, 0.5) is 0 Å². The summed E-state index contributed by atoms with van der Waals surface area (Å²) in [5, 5.41) is 12.9. The van der Waals surface area contributed by atoms with Gasteiger partial charge in [0.05, 0.1) is 12.5 Å². The molecule has 0 aliphatic heterocycles. The van der Waals surface area contributed by atoms with Crippen LogP contribution < -0.4 is 0 Å². The molecule has 0 amide bonds. The van der Waals surface area contributed by atoms with Crippen LogP contribution in [0.1, 0.15) is 10.4 Å². The molecule has 0 spiro atoms. The summed E-state index contributed by atoms with van der Waals surface area (Å²) in [6.07, 6.45) is 4.70. The van der Waals surface area contributed by atoms with Gasteiger partial charge in [0.2, 0.25) is 0 Å². The normalized spacial score (nSPS) is 10.5. The monoisotopic (exact) mass is 206 g/mol. The van der Waals surface area contributed by atoms with Crippen molar-refractivity contribution in [3.05, 3.63) is 24.3 Å². The molecule has 2 aromatic rings. The molecule has 0 fully saturated rings. The van der Waals surface area contributed by atoms with E-state index in [0.717, 1.165) is 0 Å². The van der Waals surface area contributed by atoms with Crippen molar-refractivity contribution in [2.75, 3.05) is 0 Å². The molecule has 0 aliphatic rings. The maximum absolute atomic E-state index is 10.9. The highest BCUT2D eigenvalue weighted by atomic mass is 16.4. The average molecular weight is 206 g/mol. The zero-order valence-corrected chi connectivity index (χ0v) is 8.38. The van der Waals surface area contributed by atoms with Gasteiger partial charge in [-0.1, -0.05) is 0 Å². The minimum absolute atomic E-state index is 0.163. The fourth-order valence-corrected chi connectivity index (χ4v) is 1.43. The second-order valence-corrected chi connectivity index (χ2v) is 3.26. The summed E-state index contributed by atoms with van der Waals surface area (Å²) in [4.78, 5) is 15.0. The first-order valence-electron chi connectivity index (χ1n) is 4.33. The summed E-state index contributed by atoms with van der Waals surface area (Å²) >= 11 is 0. The minimum atomic E-state index is -0.997. The number of nitrogens with zero attached hydrogens (tertiary/aromatic N) is 4. The summed E-state index contributed by atoms with van der Waals surface area (Å²) in [5.41, 5.74) is 1.29. The molecule has 6 heteroatoms. The molecule has 78 valence electrons. The number of carboxylic acid groups (broad SMARTS) is 1. The van der Waals surface area contributed by atoms with Gasteiger partial charge in [-0.2, -0.15) is 5.10 Å². The Morgan fingerprint density at radius 3 is 2.73 bits per heavy atom. The van der Waals surface area contributed by atoms with E-state index in [4.69, 9.17) is 5.11 Å². The smallest absolute Gasteiger partial charge is 0.339 e. The summed E-state index contributed by atoms with van der Waals surface area (Å²) in [6, 6.07) is 0. The number of rotatable bonds is 2. The summed E-state index contributed by atoms with van der Waals surface area (Å²) < 4.78 is 3.26. The van der Waals surface area contributed by atoms with Crippen molar-refractivity contribution < 1.29 is 9.90 Å². The zero-order chi connectivity index (χ0) is 11.0. The van der Waals surface area contributed by atoms with Gasteiger partial charge < -0.3 is 9.67 Å². The highest BCUT2D eigenvalue weighted by Gasteiger charge is 2.18. The first-order chi connectivity index (χ1) is 7.09. The molecule has 0 unspecified atom stereocenters. The highest BCUT2D eigenvalue weighted by Crippen LogP contribution is 2.20. The Hall–Kier alpha value is -2.11. The second kappa shape index (κ2) is 3.23. The van der Waals surface area contributed by atoms with Crippen LogP contribution in [0.3, 0.4) is 0 Å². The first-order valence-corrected chi connectivity index (χ1v) is 4.33. The topological polar surface area (TPSA) is 72.9 Å². The van der Waals surface area contributed by atoms with Gasteiger partial charge in [-0.05, 0) is 0 Å². The summed E-state index contributed by atoms with van der Waals surface area (Å²) in [6.45, 7) is 0. The first kappa shape index (κ1) is 9.45. The Morgan fingerprint density at radius 1 is 1.47 bits per heavy atom. The Labute approximate surface area is 85.8 Å². The minimum Gasteiger partial charge on any atom is -0.478 e. The Bertz CT molecular complexity index is 512. The molecule has 2 rings (SSSR count). The van der Waals surface area contributed by atoms with Crippen LogP contribution in [-0.4, -0.2) is 30.4 Å². The van der Waals surface area contributed by atoms with Gasteiger partial charge in [-0.15, -0.1) is 0 Å². The second-order valence-electron chi connectivity index (χ2n) is 3.26. The third kappa shape index (κ3) is 1.50. The van der Waals surface area contributed by atoms with E-state index in [2.05, 4.69) is 10.1 Å². The maximum atomic E-state index is 10.9. The number of carbonyl (C=O) groups is 1. The number of aromatic carboxylic acids is 1. The van der Waals surface area contributed by atoms with Crippen molar-refractivity contribution in [2.24, 2.45) is 14.1 Å². The van der Waals surface area contributed by atoms with E-state index in [1.165, 1.54) is 10.9 Å². The lowest BCUT2D eigenvalue weighted by molar-refractivity contribution is 0.0697. The van der Waals surface area contributed by atoms with Crippen molar-refractivity contribution in [3.63, 3.8) is 0 Å². The van der Waals surface area contributed by atoms with E-state index >= 15 is 0 Å². The lowest BCUT2D eigenvalue weighted by Gasteiger charge is -1.98. The van der Waals surface area contributed by atoms with Gasteiger partial charge in [-0.3, -0.25) is 4.68 Å². The molecule has 1 N–H and O–H groups in total.